The number of hydrogen-bond donors (Lipinski definition) is 1. The van der Waals surface area contributed by atoms with Gasteiger partial charge >= 0.3 is 0 Å². The summed E-state index contributed by atoms with van der Waals surface area (Å²) in [7, 11) is 1.72. The van der Waals surface area contributed by atoms with E-state index in [2.05, 4.69) is 20.4 Å². The van der Waals surface area contributed by atoms with Gasteiger partial charge in [0, 0.05) is 37.3 Å². The SMILES string of the molecule is Cn1c(NC2CCC(n3nc4c(cc3=O)COCC4)CC2)nc2ncccc2c1=O. The minimum atomic E-state index is -0.113. The molecule has 3 aromatic rings. The normalized spacial score (nSPS) is 21.4. The Balaban J connectivity index is 1.31. The number of ether oxygens (including phenoxy) is 1. The molecule has 0 spiro atoms. The van der Waals surface area contributed by atoms with Gasteiger partial charge in [-0.1, -0.05) is 0 Å². The van der Waals surface area contributed by atoms with E-state index in [9.17, 15) is 9.59 Å². The summed E-state index contributed by atoms with van der Waals surface area (Å²) >= 11 is 0. The van der Waals surface area contributed by atoms with Gasteiger partial charge in [-0.2, -0.15) is 10.1 Å². The average molecular weight is 408 g/mol. The summed E-state index contributed by atoms with van der Waals surface area (Å²) in [4.78, 5) is 33.9. The third-order valence-electron chi connectivity index (χ3n) is 6.09. The lowest BCUT2D eigenvalue weighted by Gasteiger charge is -2.30. The van der Waals surface area contributed by atoms with E-state index in [-0.39, 0.29) is 23.2 Å². The maximum Gasteiger partial charge on any atom is 0.267 e. The molecule has 156 valence electrons. The first-order chi connectivity index (χ1) is 14.6. The van der Waals surface area contributed by atoms with Crippen LogP contribution < -0.4 is 16.4 Å². The molecule has 1 saturated carbocycles. The minimum absolute atomic E-state index is 0.0553. The Kier molecular flexibility index (Phi) is 4.82. The molecule has 9 nitrogen and oxygen atoms in total. The molecule has 1 aliphatic carbocycles. The first-order valence-corrected chi connectivity index (χ1v) is 10.4. The van der Waals surface area contributed by atoms with Crippen molar-refractivity contribution >= 4 is 17.0 Å². The second kappa shape index (κ2) is 7.64. The second-order valence-corrected chi connectivity index (χ2v) is 8.03. The van der Waals surface area contributed by atoms with Crippen molar-refractivity contribution in [2.24, 2.45) is 7.05 Å². The highest BCUT2D eigenvalue weighted by molar-refractivity contribution is 5.74. The molecule has 0 aromatic carbocycles. The molecule has 4 heterocycles. The van der Waals surface area contributed by atoms with Crippen LogP contribution in [0.5, 0.6) is 0 Å². The average Bonchev–Trinajstić information content (AvgIpc) is 2.77. The topological polar surface area (TPSA) is 104 Å². The molecule has 0 saturated heterocycles. The van der Waals surface area contributed by atoms with Gasteiger partial charge < -0.3 is 10.1 Å². The fraction of sp³-hybridized carbons (Fsp3) is 0.476. The lowest BCUT2D eigenvalue weighted by molar-refractivity contribution is 0.107. The highest BCUT2D eigenvalue weighted by Gasteiger charge is 2.26. The molecule has 1 aliphatic heterocycles. The Bertz CT molecular complexity index is 1210. The van der Waals surface area contributed by atoms with Crippen molar-refractivity contribution in [1.82, 2.24) is 24.3 Å². The molecular weight excluding hydrogens is 384 g/mol. The molecule has 0 radical (unpaired) electrons. The van der Waals surface area contributed by atoms with Crippen LogP contribution in [0.4, 0.5) is 5.95 Å². The Labute approximate surface area is 172 Å². The molecule has 3 aromatic heterocycles. The molecular formula is C21H24N6O3. The van der Waals surface area contributed by atoms with E-state index in [0.717, 1.165) is 43.4 Å². The van der Waals surface area contributed by atoms with Crippen LogP contribution in [0.3, 0.4) is 0 Å². The molecule has 0 bridgehead atoms. The predicted molar refractivity (Wildman–Crippen MR) is 112 cm³/mol. The van der Waals surface area contributed by atoms with Gasteiger partial charge in [0.25, 0.3) is 11.1 Å². The minimum Gasteiger partial charge on any atom is -0.376 e. The number of aromatic nitrogens is 5. The number of nitrogens with zero attached hydrogens (tertiary/aromatic N) is 5. The standard InChI is InChI=1S/C21H24N6O3/c1-26-20(29)16-3-2-9-22-19(16)24-21(26)23-14-4-6-15(7-5-14)27-18(28)11-13-12-30-10-8-17(13)25-27/h2-3,9,11,14-15H,4-8,10,12H2,1H3,(H,22,23,24). The Morgan fingerprint density at radius 2 is 2.03 bits per heavy atom. The highest BCUT2D eigenvalue weighted by Crippen LogP contribution is 2.29. The molecule has 9 heteroatoms. The van der Waals surface area contributed by atoms with Gasteiger partial charge in [-0.3, -0.25) is 14.2 Å². The fourth-order valence-corrected chi connectivity index (χ4v) is 4.37. The van der Waals surface area contributed by atoms with E-state index in [0.29, 0.717) is 30.2 Å². The Morgan fingerprint density at radius 3 is 2.87 bits per heavy atom. The highest BCUT2D eigenvalue weighted by atomic mass is 16.5. The molecule has 1 fully saturated rings. The summed E-state index contributed by atoms with van der Waals surface area (Å²) in [5, 5.41) is 8.56. The van der Waals surface area contributed by atoms with Crippen molar-refractivity contribution in [2.45, 2.75) is 50.8 Å². The van der Waals surface area contributed by atoms with Crippen LogP contribution in [-0.2, 0) is 24.8 Å². The summed E-state index contributed by atoms with van der Waals surface area (Å²) in [5.41, 5.74) is 2.17. The third kappa shape index (κ3) is 3.39. The molecule has 2 aliphatic rings. The summed E-state index contributed by atoms with van der Waals surface area (Å²) in [6.07, 6.45) is 5.82. The lowest BCUT2D eigenvalue weighted by Crippen LogP contribution is -2.36. The largest absolute Gasteiger partial charge is 0.376 e. The van der Waals surface area contributed by atoms with E-state index in [1.807, 2.05) is 0 Å². The zero-order valence-corrected chi connectivity index (χ0v) is 16.9. The number of rotatable bonds is 3. The first kappa shape index (κ1) is 18.9. The Morgan fingerprint density at radius 1 is 1.20 bits per heavy atom. The van der Waals surface area contributed by atoms with Crippen LogP contribution in [0.25, 0.3) is 11.0 Å². The van der Waals surface area contributed by atoms with Crippen molar-refractivity contribution in [2.75, 3.05) is 11.9 Å². The quantitative estimate of drug-likeness (QED) is 0.701. The zero-order chi connectivity index (χ0) is 20.7. The smallest absolute Gasteiger partial charge is 0.267 e. The zero-order valence-electron chi connectivity index (χ0n) is 16.9. The van der Waals surface area contributed by atoms with Gasteiger partial charge in [0.15, 0.2) is 5.65 Å². The van der Waals surface area contributed by atoms with Crippen molar-refractivity contribution in [3.8, 4) is 0 Å². The lowest BCUT2D eigenvalue weighted by atomic mass is 9.91. The van der Waals surface area contributed by atoms with Gasteiger partial charge in [0.1, 0.15) is 0 Å². The van der Waals surface area contributed by atoms with E-state index in [1.54, 1.807) is 36.1 Å². The van der Waals surface area contributed by atoms with Crippen LogP contribution in [0.15, 0.2) is 34.0 Å². The maximum atomic E-state index is 12.6. The van der Waals surface area contributed by atoms with Gasteiger partial charge in [-0.25, -0.2) is 9.67 Å². The number of anilines is 1. The Hall–Kier alpha value is -3.07. The summed E-state index contributed by atoms with van der Waals surface area (Å²) in [6, 6.07) is 5.43. The van der Waals surface area contributed by atoms with Crippen LogP contribution in [0.2, 0.25) is 0 Å². The van der Waals surface area contributed by atoms with Gasteiger partial charge in [-0.05, 0) is 37.8 Å². The monoisotopic (exact) mass is 408 g/mol. The van der Waals surface area contributed by atoms with Crippen LogP contribution in [-0.4, -0.2) is 37.0 Å². The van der Waals surface area contributed by atoms with Gasteiger partial charge in [-0.15, -0.1) is 0 Å². The second-order valence-electron chi connectivity index (χ2n) is 8.03. The first-order valence-electron chi connectivity index (χ1n) is 10.4. The summed E-state index contributed by atoms with van der Waals surface area (Å²) < 4.78 is 8.62. The maximum absolute atomic E-state index is 12.6. The van der Waals surface area contributed by atoms with Crippen LogP contribution in [0.1, 0.15) is 43.0 Å². The molecule has 1 N–H and O–H groups in total. The van der Waals surface area contributed by atoms with Gasteiger partial charge in [0.05, 0.1) is 30.3 Å². The molecule has 5 rings (SSSR count). The number of fused-ring (bicyclic) bond motifs is 2. The van der Waals surface area contributed by atoms with Crippen LogP contribution >= 0.6 is 0 Å². The molecule has 30 heavy (non-hydrogen) atoms. The van der Waals surface area contributed by atoms with E-state index < -0.39 is 0 Å². The van der Waals surface area contributed by atoms with Crippen molar-refractivity contribution < 1.29 is 4.74 Å². The summed E-state index contributed by atoms with van der Waals surface area (Å²) in [6.45, 7) is 1.13. The number of pyridine rings is 1. The molecule has 0 atom stereocenters. The van der Waals surface area contributed by atoms with E-state index in [1.165, 1.54) is 4.57 Å². The molecule has 0 unspecified atom stereocenters. The number of nitrogens with one attached hydrogen (secondary N) is 1. The van der Waals surface area contributed by atoms with Crippen molar-refractivity contribution in [3.05, 3.63) is 56.4 Å². The van der Waals surface area contributed by atoms with Crippen molar-refractivity contribution in [3.63, 3.8) is 0 Å². The van der Waals surface area contributed by atoms with E-state index in [4.69, 9.17) is 4.74 Å². The summed E-state index contributed by atoms with van der Waals surface area (Å²) in [5.74, 6) is 0.527. The molecule has 0 amide bonds. The van der Waals surface area contributed by atoms with Gasteiger partial charge in [0.2, 0.25) is 5.95 Å². The third-order valence-corrected chi connectivity index (χ3v) is 6.09. The van der Waals surface area contributed by atoms with E-state index >= 15 is 0 Å². The van der Waals surface area contributed by atoms with Crippen molar-refractivity contribution in [1.29, 1.82) is 0 Å². The number of hydrogen-bond acceptors (Lipinski definition) is 7. The van der Waals surface area contributed by atoms with Crippen LogP contribution in [0, 0.1) is 0 Å². The predicted octanol–water partition coefficient (Wildman–Crippen LogP) is 1.55. The fourth-order valence-electron chi connectivity index (χ4n) is 4.37.